The standard InChI is InChI=1S/C19H13N4.C7H9N2S.Sn/c1-2-5-14(6-3-1)15-9-16(12-20-11-15)23-17-10-19-18(22-13-17)7-4-8-21-19;1-2-4-6(3-1)7-9-8-5-10-7;/h1-7,9-13,23H;6H,1-4H2;. The molecule has 34 heavy (non-hydrogen) atoms. The summed E-state index contributed by atoms with van der Waals surface area (Å²) < 4.78 is 2.35. The van der Waals surface area contributed by atoms with Crippen LogP contribution in [0.3, 0.4) is 0 Å². The third-order valence-corrected chi connectivity index (χ3v) is 10.9. The van der Waals surface area contributed by atoms with E-state index < -0.39 is 21.1 Å². The molecular formula is C26H22N6SSn. The van der Waals surface area contributed by atoms with E-state index in [1.54, 1.807) is 0 Å². The van der Waals surface area contributed by atoms with E-state index in [-0.39, 0.29) is 0 Å². The SMILES string of the molecule is c1ccc(-c2cncc(Nc3cnc4cc[c]([Sn][c]5nnc(C6CCCC6)s5)nc4c3)c2)cc1. The molecule has 0 saturated heterocycles. The van der Waals surface area contributed by atoms with Gasteiger partial charge in [0.1, 0.15) is 0 Å². The van der Waals surface area contributed by atoms with Gasteiger partial charge in [0, 0.05) is 0 Å². The van der Waals surface area contributed by atoms with Crippen molar-refractivity contribution in [1.29, 1.82) is 0 Å². The number of benzene rings is 1. The Morgan fingerprint density at radius 2 is 1.68 bits per heavy atom. The third-order valence-electron chi connectivity index (χ3n) is 6.05. The zero-order chi connectivity index (χ0) is 22.7. The van der Waals surface area contributed by atoms with Gasteiger partial charge in [-0.15, -0.1) is 0 Å². The first-order chi connectivity index (χ1) is 16.8. The molecular weight excluding hydrogens is 547 g/mol. The van der Waals surface area contributed by atoms with Crippen LogP contribution in [0.25, 0.3) is 22.2 Å². The molecule has 0 aliphatic heterocycles. The minimum absolute atomic E-state index is 0.628. The van der Waals surface area contributed by atoms with Crippen LogP contribution in [-0.4, -0.2) is 46.3 Å². The Balaban J connectivity index is 1.21. The Morgan fingerprint density at radius 1 is 0.824 bits per heavy atom. The maximum absolute atomic E-state index is 4.94. The Labute approximate surface area is 212 Å². The summed E-state index contributed by atoms with van der Waals surface area (Å²) in [5.74, 6) is 0.628. The molecule has 6 nitrogen and oxygen atoms in total. The molecule has 0 amide bonds. The first-order valence-corrected chi connectivity index (χ1v) is 15.1. The second-order valence-electron chi connectivity index (χ2n) is 8.46. The van der Waals surface area contributed by atoms with Crippen molar-refractivity contribution in [2.75, 3.05) is 5.32 Å². The fraction of sp³-hybridized carbons (Fsp3) is 0.192. The summed E-state index contributed by atoms with van der Waals surface area (Å²) in [7, 11) is 0. The zero-order valence-corrected chi connectivity index (χ0v) is 22.1. The topological polar surface area (TPSA) is 76.5 Å². The molecule has 2 radical (unpaired) electrons. The van der Waals surface area contributed by atoms with Crippen LogP contribution in [0.1, 0.15) is 36.6 Å². The van der Waals surface area contributed by atoms with Crippen LogP contribution < -0.4 is 12.1 Å². The van der Waals surface area contributed by atoms with Crippen molar-refractivity contribution in [3.8, 4) is 11.1 Å². The van der Waals surface area contributed by atoms with Gasteiger partial charge in [-0.05, 0) is 0 Å². The van der Waals surface area contributed by atoms with Crippen LogP contribution in [-0.2, 0) is 0 Å². The molecule has 166 valence electrons. The summed E-state index contributed by atoms with van der Waals surface area (Å²) in [4.78, 5) is 14.0. The van der Waals surface area contributed by atoms with E-state index in [4.69, 9.17) is 4.98 Å². The van der Waals surface area contributed by atoms with Crippen molar-refractivity contribution in [1.82, 2.24) is 25.1 Å². The van der Waals surface area contributed by atoms with E-state index >= 15 is 0 Å². The van der Waals surface area contributed by atoms with Gasteiger partial charge in [-0.2, -0.15) is 0 Å². The van der Waals surface area contributed by atoms with Gasteiger partial charge < -0.3 is 0 Å². The van der Waals surface area contributed by atoms with E-state index in [1.165, 1.54) is 33.7 Å². The number of fused-ring (bicyclic) bond motifs is 1. The average molecular weight is 569 g/mol. The van der Waals surface area contributed by atoms with E-state index in [9.17, 15) is 0 Å². The average Bonchev–Trinajstić information content (AvgIpc) is 3.57. The quantitative estimate of drug-likeness (QED) is 0.302. The van der Waals surface area contributed by atoms with Gasteiger partial charge in [0.05, 0.1) is 0 Å². The first kappa shape index (κ1) is 21.6. The molecule has 0 bridgehead atoms. The normalized spacial score (nSPS) is 14.0. The molecule has 1 N–H and O–H groups in total. The zero-order valence-electron chi connectivity index (χ0n) is 18.5. The van der Waals surface area contributed by atoms with E-state index in [2.05, 4.69) is 61.9 Å². The van der Waals surface area contributed by atoms with Crippen LogP contribution >= 0.6 is 11.3 Å². The fourth-order valence-corrected chi connectivity index (χ4v) is 9.08. The number of nitrogens with zero attached hydrogens (tertiary/aromatic N) is 5. The second-order valence-corrected chi connectivity index (χ2v) is 14.0. The van der Waals surface area contributed by atoms with Crippen molar-refractivity contribution in [2.24, 2.45) is 0 Å². The van der Waals surface area contributed by atoms with Crippen LogP contribution in [0.5, 0.6) is 0 Å². The van der Waals surface area contributed by atoms with Crippen molar-refractivity contribution in [3.63, 3.8) is 0 Å². The molecule has 4 aromatic heterocycles. The summed E-state index contributed by atoms with van der Waals surface area (Å²) in [6.45, 7) is 0. The Morgan fingerprint density at radius 3 is 2.56 bits per heavy atom. The predicted molar refractivity (Wildman–Crippen MR) is 139 cm³/mol. The summed E-state index contributed by atoms with van der Waals surface area (Å²) in [5, 5.41) is 13.7. The maximum atomic E-state index is 4.94. The van der Waals surface area contributed by atoms with Crippen molar-refractivity contribution >= 4 is 61.6 Å². The third kappa shape index (κ3) is 4.81. The molecule has 5 aromatic rings. The molecule has 8 heteroatoms. The molecule has 6 rings (SSSR count). The predicted octanol–water partition coefficient (Wildman–Crippen LogP) is 4.60. The number of hydrogen-bond acceptors (Lipinski definition) is 7. The van der Waals surface area contributed by atoms with Gasteiger partial charge in [0.2, 0.25) is 0 Å². The Bertz CT molecular complexity index is 1430. The summed E-state index contributed by atoms with van der Waals surface area (Å²) in [5.41, 5.74) is 5.82. The molecule has 1 fully saturated rings. The van der Waals surface area contributed by atoms with Gasteiger partial charge in [-0.25, -0.2) is 0 Å². The number of pyridine rings is 3. The molecule has 4 heterocycles. The van der Waals surface area contributed by atoms with Gasteiger partial charge in [-0.3, -0.25) is 0 Å². The monoisotopic (exact) mass is 570 g/mol. The number of rotatable bonds is 6. The summed E-state index contributed by atoms with van der Waals surface area (Å²) >= 11 is 0.731. The molecule has 1 aliphatic rings. The Hall–Kier alpha value is -2.91. The van der Waals surface area contributed by atoms with Crippen molar-refractivity contribution < 1.29 is 0 Å². The summed E-state index contributed by atoms with van der Waals surface area (Å²) in [6.07, 6.45) is 10.7. The van der Waals surface area contributed by atoms with Crippen LogP contribution in [0.4, 0.5) is 11.4 Å². The number of hydrogen-bond donors (Lipinski definition) is 1. The Kier molecular flexibility index (Phi) is 6.20. The van der Waals surface area contributed by atoms with E-state index in [0.29, 0.717) is 5.92 Å². The number of nitrogens with one attached hydrogen (secondary N) is 1. The fourth-order valence-electron chi connectivity index (χ4n) is 4.34. The number of aromatic nitrogens is 5. The van der Waals surface area contributed by atoms with Crippen LogP contribution in [0.15, 0.2) is 73.2 Å². The van der Waals surface area contributed by atoms with E-state index in [1.807, 2.05) is 48.1 Å². The van der Waals surface area contributed by atoms with Crippen molar-refractivity contribution in [3.05, 3.63) is 78.2 Å². The van der Waals surface area contributed by atoms with Gasteiger partial charge >= 0.3 is 207 Å². The minimum atomic E-state index is -1.08. The summed E-state index contributed by atoms with van der Waals surface area (Å²) in [6, 6.07) is 18.6. The van der Waals surface area contributed by atoms with E-state index in [0.717, 1.165) is 37.2 Å². The molecule has 0 spiro atoms. The van der Waals surface area contributed by atoms with Gasteiger partial charge in [0.15, 0.2) is 0 Å². The van der Waals surface area contributed by atoms with Gasteiger partial charge in [0.25, 0.3) is 0 Å². The molecule has 0 unspecified atom stereocenters. The van der Waals surface area contributed by atoms with Crippen LogP contribution in [0.2, 0.25) is 0 Å². The molecule has 0 atom stereocenters. The second kappa shape index (κ2) is 9.75. The first-order valence-electron chi connectivity index (χ1n) is 11.4. The number of anilines is 2. The van der Waals surface area contributed by atoms with Gasteiger partial charge in [-0.1, -0.05) is 6.07 Å². The van der Waals surface area contributed by atoms with Crippen LogP contribution in [0, 0.1) is 0 Å². The molecule has 1 aliphatic carbocycles. The van der Waals surface area contributed by atoms with Crippen molar-refractivity contribution in [2.45, 2.75) is 31.6 Å². The molecule has 1 aromatic carbocycles. The molecule has 1 saturated carbocycles.